The predicted molar refractivity (Wildman–Crippen MR) is 67.8 cm³/mol. The van der Waals surface area contributed by atoms with E-state index in [2.05, 4.69) is 27.8 Å². The van der Waals surface area contributed by atoms with E-state index in [1.807, 2.05) is 12.1 Å². The number of benzene rings is 1. The van der Waals surface area contributed by atoms with Crippen molar-refractivity contribution in [2.75, 3.05) is 13.1 Å². The van der Waals surface area contributed by atoms with Gasteiger partial charge in [-0.05, 0) is 58.9 Å². The van der Waals surface area contributed by atoms with Crippen molar-refractivity contribution in [3.8, 4) is 0 Å². The molecular weight excluding hydrogens is 269 g/mol. The van der Waals surface area contributed by atoms with Gasteiger partial charge in [-0.1, -0.05) is 13.0 Å². The van der Waals surface area contributed by atoms with Gasteiger partial charge in [-0.2, -0.15) is 0 Å². The first-order valence-electron chi connectivity index (χ1n) is 5.81. The third kappa shape index (κ3) is 3.05. The van der Waals surface area contributed by atoms with Gasteiger partial charge in [0.15, 0.2) is 0 Å². The van der Waals surface area contributed by atoms with Gasteiger partial charge in [-0.15, -0.1) is 0 Å². The molecular formula is C13H17BrFN. The number of halogens is 2. The Labute approximate surface area is 105 Å². The molecule has 88 valence electrons. The monoisotopic (exact) mass is 285 g/mol. The molecule has 2 rings (SSSR count). The van der Waals surface area contributed by atoms with Crippen LogP contribution in [0.4, 0.5) is 4.39 Å². The van der Waals surface area contributed by atoms with E-state index in [1.165, 1.54) is 31.0 Å². The first-order chi connectivity index (χ1) is 7.65. The highest BCUT2D eigenvalue weighted by Gasteiger charge is 2.16. The van der Waals surface area contributed by atoms with Crippen molar-refractivity contribution in [2.45, 2.75) is 26.3 Å². The van der Waals surface area contributed by atoms with Gasteiger partial charge in [0.1, 0.15) is 5.82 Å². The zero-order valence-electron chi connectivity index (χ0n) is 9.55. The van der Waals surface area contributed by atoms with Gasteiger partial charge < -0.3 is 0 Å². The zero-order valence-corrected chi connectivity index (χ0v) is 11.1. The third-order valence-electron chi connectivity index (χ3n) is 3.13. The summed E-state index contributed by atoms with van der Waals surface area (Å²) in [7, 11) is 0. The Morgan fingerprint density at radius 3 is 3.00 bits per heavy atom. The largest absolute Gasteiger partial charge is 0.299 e. The van der Waals surface area contributed by atoms with E-state index >= 15 is 0 Å². The van der Waals surface area contributed by atoms with E-state index < -0.39 is 0 Å². The normalized spacial score (nSPS) is 22.3. The van der Waals surface area contributed by atoms with E-state index in [-0.39, 0.29) is 5.82 Å². The lowest BCUT2D eigenvalue weighted by Gasteiger charge is -2.30. The van der Waals surface area contributed by atoms with Crippen LogP contribution in [0.25, 0.3) is 0 Å². The van der Waals surface area contributed by atoms with Crippen LogP contribution < -0.4 is 0 Å². The molecule has 1 aromatic rings. The average Bonchev–Trinajstić information content (AvgIpc) is 2.24. The summed E-state index contributed by atoms with van der Waals surface area (Å²) in [5, 5.41) is 0. The molecule has 0 N–H and O–H groups in total. The SMILES string of the molecule is CC1CCCN(Cc2ccc(F)c(Br)c2)C1. The number of piperidine rings is 1. The second kappa shape index (κ2) is 5.28. The molecule has 1 atom stereocenters. The predicted octanol–water partition coefficient (Wildman–Crippen LogP) is 3.82. The molecule has 1 aromatic carbocycles. The summed E-state index contributed by atoms with van der Waals surface area (Å²) in [6, 6.07) is 5.29. The fraction of sp³-hybridized carbons (Fsp3) is 0.538. The van der Waals surface area contributed by atoms with Gasteiger partial charge in [0.2, 0.25) is 0 Å². The van der Waals surface area contributed by atoms with Gasteiger partial charge >= 0.3 is 0 Å². The Balaban J connectivity index is 2.00. The van der Waals surface area contributed by atoms with Crippen LogP contribution in [-0.4, -0.2) is 18.0 Å². The summed E-state index contributed by atoms with van der Waals surface area (Å²) in [6.07, 6.45) is 2.62. The van der Waals surface area contributed by atoms with Crippen LogP contribution in [0.5, 0.6) is 0 Å². The minimum absolute atomic E-state index is 0.184. The Bertz CT molecular complexity index is 367. The van der Waals surface area contributed by atoms with Crippen molar-refractivity contribution in [3.05, 3.63) is 34.1 Å². The Kier molecular flexibility index (Phi) is 3.98. The fourth-order valence-corrected chi connectivity index (χ4v) is 2.75. The summed E-state index contributed by atoms with van der Waals surface area (Å²) in [5.41, 5.74) is 1.18. The van der Waals surface area contributed by atoms with Crippen molar-refractivity contribution in [2.24, 2.45) is 5.92 Å². The Morgan fingerprint density at radius 1 is 1.50 bits per heavy atom. The molecule has 0 aromatic heterocycles. The standard InChI is InChI=1S/C13H17BrFN/c1-10-3-2-6-16(8-10)9-11-4-5-13(15)12(14)7-11/h4-5,7,10H,2-3,6,8-9H2,1H3. The minimum Gasteiger partial charge on any atom is -0.299 e. The van der Waals surface area contributed by atoms with Crippen LogP contribution in [0.1, 0.15) is 25.3 Å². The molecule has 1 aliphatic heterocycles. The fourth-order valence-electron chi connectivity index (χ4n) is 2.33. The lowest BCUT2D eigenvalue weighted by Crippen LogP contribution is -2.33. The molecule has 16 heavy (non-hydrogen) atoms. The summed E-state index contributed by atoms with van der Waals surface area (Å²) in [6.45, 7) is 5.56. The van der Waals surface area contributed by atoms with E-state index in [9.17, 15) is 4.39 Å². The molecule has 1 fully saturated rings. The zero-order chi connectivity index (χ0) is 11.5. The highest BCUT2D eigenvalue weighted by Crippen LogP contribution is 2.21. The maximum atomic E-state index is 13.1. The number of nitrogens with zero attached hydrogens (tertiary/aromatic N) is 1. The second-order valence-electron chi connectivity index (χ2n) is 4.73. The Hall–Kier alpha value is -0.410. The number of rotatable bonds is 2. The van der Waals surface area contributed by atoms with Crippen molar-refractivity contribution in [3.63, 3.8) is 0 Å². The van der Waals surface area contributed by atoms with Gasteiger partial charge in [-0.3, -0.25) is 4.90 Å². The van der Waals surface area contributed by atoms with E-state index in [4.69, 9.17) is 0 Å². The van der Waals surface area contributed by atoms with Crippen LogP contribution in [-0.2, 0) is 6.54 Å². The molecule has 1 heterocycles. The summed E-state index contributed by atoms with van der Waals surface area (Å²) < 4.78 is 13.6. The van der Waals surface area contributed by atoms with Crippen LogP contribution in [0.15, 0.2) is 22.7 Å². The topological polar surface area (TPSA) is 3.24 Å². The maximum absolute atomic E-state index is 13.1. The molecule has 0 aliphatic carbocycles. The lowest BCUT2D eigenvalue weighted by molar-refractivity contribution is 0.176. The third-order valence-corrected chi connectivity index (χ3v) is 3.74. The van der Waals surface area contributed by atoms with Gasteiger partial charge in [-0.25, -0.2) is 4.39 Å². The average molecular weight is 286 g/mol. The molecule has 0 radical (unpaired) electrons. The molecule has 1 unspecified atom stereocenters. The molecule has 1 aliphatic rings. The summed E-state index contributed by atoms with van der Waals surface area (Å²) in [5.74, 6) is 0.605. The molecule has 1 nitrogen and oxygen atoms in total. The maximum Gasteiger partial charge on any atom is 0.137 e. The minimum atomic E-state index is -0.184. The number of likely N-dealkylation sites (tertiary alicyclic amines) is 1. The van der Waals surface area contributed by atoms with Crippen molar-refractivity contribution >= 4 is 15.9 Å². The highest BCUT2D eigenvalue weighted by atomic mass is 79.9. The molecule has 1 saturated heterocycles. The van der Waals surface area contributed by atoms with E-state index in [0.29, 0.717) is 4.47 Å². The van der Waals surface area contributed by atoms with Gasteiger partial charge in [0.05, 0.1) is 4.47 Å². The lowest BCUT2D eigenvalue weighted by atomic mass is 10.00. The molecule has 0 bridgehead atoms. The molecule has 0 saturated carbocycles. The van der Waals surface area contributed by atoms with Crippen molar-refractivity contribution in [1.29, 1.82) is 0 Å². The van der Waals surface area contributed by atoms with Crippen molar-refractivity contribution < 1.29 is 4.39 Å². The quantitative estimate of drug-likeness (QED) is 0.799. The molecule has 0 amide bonds. The van der Waals surface area contributed by atoms with Gasteiger partial charge in [0.25, 0.3) is 0 Å². The first-order valence-corrected chi connectivity index (χ1v) is 6.61. The number of hydrogen-bond acceptors (Lipinski definition) is 1. The second-order valence-corrected chi connectivity index (χ2v) is 5.59. The van der Waals surface area contributed by atoms with Crippen molar-refractivity contribution in [1.82, 2.24) is 4.90 Å². The van der Waals surface area contributed by atoms with E-state index in [0.717, 1.165) is 19.0 Å². The smallest absolute Gasteiger partial charge is 0.137 e. The van der Waals surface area contributed by atoms with Crippen LogP contribution in [0, 0.1) is 11.7 Å². The molecule has 0 spiro atoms. The summed E-state index contributed by atoms with van der Waals surface area (Å²) >= 11 is 3.23. The van der Waals surface area contributed by atoms with Gasteiger partial charge in [0, 0.05) is 13.1 Å². The first kappa shape index (κ1) is 12.1. The summed E-state index contributed by atoms with van der Waals surface area (Å²) in [4.78, 5) is 2.45. The highest BCUT2D eigenvalue weighted by molar-refractivity contribution is 9.10. The van der Waals surface area contributed by atoms with Crippen LogP contribution in [0.2, 0.25) is 0 Å². The van der Waals surface area contributed by atoms with Crippen LogP contribution in [0.3, 0.4) is 0 Å². The van der Waals surface area contributed by atoms with Crippen LogP contribution >= 0.6 is 15.9 Å². The number of hydrogen-bond donors (Lipinski definition) is 0. The Morgan fingerprint density at radius 2 is 2.31 bits per heavy atom. The molecule has 3 heteroatoms. The van der Waals surface area contributed by atoms with E-state index in [1.54, 1.807) is 0 Å².